The van der Waals surface area contributed by atoms with Gasteiger partial charge in [-0.2, -0.15) is 0 Å². The molecule has 1 aromatic rings. The second-order valence-electron chi connectivity index (χ2n) is 3.79. The molecule has 74 valence electrons. The van der Waals surface area contributed by atoms with Gasteiger partial charge in [0.25, 0.3) is 5.88 Å². The number of nitrogens with zero attached hydrogens (tertiary/aromatic N) is 1. The molecule has 0 bridgehead atoms. The van der Waals surface area contributed by atoms with Gasteiger partial charge in [0.05, 0.1) is 18.5 Å². The van der Waals surface area contributed by atoms with Gasteiger partial charge in [0.15, 0.2) is 0 Å². The van der Waals surface area contributed by atoms with Gasteiger partial charge in [-0.1, -0.05) is 20.8 Å². The first-order valence-electron chi connectivity index (χ1n) is 4.56. The number of methoxy groups -OCH3 is 1. The van der Waals surface area contributed by atoms with E-state index in [1.54, 1.807) is 0 Å². The van der Waals surface area contributed by atoms with Crippen molar-refractivity contribution in [3.8, 4) is 5.88 Å². The van der Waals surface area contributed by atoms with Crippen LogP contribution in [0, 0.1) is 0 Å². The summed E-state index contributed by atoms with van der Waals surface area (Å²) >= 11 is 5.73. The van der Waals surface area contributed by atoms with E-state index < -0.39 is 5.86 Å². The monoisotopic (exact) mass is 204 g/mol. The van der Waals surface area contributed by atoms with E-state index in [0.717, 1.165) is 0 Å². The van der Waals surface area contributed by atoms with Crippen molar-refractivity contribution < 1.29 is 10.6 Å². The van der Waals surface area contributed by atoms with E-state index in [4.69, 9.17) is 22.2 Å². The van der Waals surface area contributed by atoms with E-state index in [1.807, 2.05) is 20.8 Å². The molecule has 0 N–H and O–H groups in total. The minimum atomic E-state index is -0.912. The standard InChI is InChI=1S/C9H14ClNO2/c1-9(2,3)7-6(5-10)8(12-4)11-13-7/h5H2,1-4H3/i5D/t5-/m0/s1. The molecule has 4 heteroatoms. The van der Waals surface area contributed by atoms with Gasteiger partial charge >= 0.3 is 0 Å². The first-order valence-corrected chi connectivity index (χ1v) is 4.42. The fourth-order valence-electron chi connectivity index (χ4n) is 1.07. The molecule has 1 rings (SSSR count). The summed E-state index contributed by atoms with van der Waals surface area (Å²) in [7, 11) is 1.48. The summed E-state index contributed by atoms with van der Waals surface area (Å²) in [6.07, 6.45) is 0. The van der Waals surface area contributed by atoms with E-state index in [2.05, 4.69) is 5.16 Å². The molecule has 0 radical (unpaired) electrons. The lowest BCUT2D eigenvalue weighted by molar-refractivity contribution is 0.301. The van der Waals surface area contributed by atoms with Crippen LogP contribution in [-0.4, -0.2) is 12.3 Å². The van der Waals surface area contributed by atoms with Gasteiger partial charge in [-0.25, -0.2) is 0 Å². The molecule has 0 aliphatic carbocycles. The minimum absolute atomic E-state index is 0.229. The lowest BCUT2D eigenvalue weighted by Gasteiger charge is -2.14. The first-order chi connectivity index (χ1) is 6.38. The highest BCUT2D eigenvalue weighted by Crippen LogP contribution is 2.32. The smallest absolute Gasteiger partial charge is 0.258 e. The average Bonchev–Trinajstić information content (AvgIpc) is 2.45. The zero-order valence-electron chi connectivity index (χ0n) is 9.22. The Hall–Kier alpha value is -0.700. The van der Waals surface area contributed by atoms with Gasteiger partial charge in [0, 0.05) is 6.79 Å². The van der Waals surface area contributed by atoms with Crippen molar-refractivity contribution in [2.45, 2.75) is 32.0 Å². The Kier molecular flexibility index (Phi) is 2.44. The van der Waals surface area contributed by atoms with Crippen LogP contribution in [0.4, 0.5) is 0 Å². The van der Waals surface area contributed by atoms with Gasteiger partial charge in [-0.15, -0.1) is 11.6 Å². The summed E-state index contributed by atoms with van der Waals surface area (Å²) < 4.78 is 17.6. The molecule has 0 amide bonds. The molecule has 0 aliphatic rings. The Bertz CT molecular complexity index is 317. The largest absolute Gasteiger partial charge is 0.479 e. The Morgan fingerprint density at radius 3 is 2.62 bits per heavy atom. The molecule has 0 aliphatic heterocycles. The third kappa shape index (κ3) is 1.97. The number of alkyl halides is 1. The van der Waals surface area contributed by atoms with Crippen molar-refractivity contribution in [1.82, 2.24) is 5.16 Å². The Balaban J connectivity index is 3.25. The molecule has 0 saturated carbocycles. The van der Waals surface area contributed by atoms with Crippen molar-refractivity contribution in [2.75, 3.05) is 7.11 Å². The Labute approximate surface area is 84.4 Å². The number of hydrogen-bond acceptors (Lipinski definition) is 3. The molecule has 13 heavy (non-hydrogen) atoms. The Morgan fingerprint density at radius 2 is 2.23 bits per heavy atom. The average molecular weight is 205 g/mol. The first kappa shape index (κ1) is 8.88. The van der Waals surface area contributed by atoms with Crippen LogP contribution >= 0.6 is 11.6 Å². The van der Waals surface area contributed by atoms with Crippen LogP contribution in [0.5, 0.6) is 5.88 Å². The molecule has 0 spiro atoms. The van der Waals surface area contributed by atoms with Crippen molar-refractivity contribution in [2.24, 2.45) is 0 Å². The molecule has 0 unspecified atom stereocenters. The van der Waals surface area contributed by atoms with Gasteiger partial charge in [-0.05, 0) is 5.16 Å². The molecular formula is C9H14ClNO2. The van der Waals surface area contributed by atoms with Crippen molar-refractivity contribution in [3.05, 3.63) is 11.3 Å². The normalized spacial score (nSPS) is 15.3. The van der Waals surface area contributed by atoms with Gasteiger partial charge < -0.3 is 9.26 Å². The van der Waals surface area contributed by atoms with Crippen LogP contribution in [0.25, 0.3) is 0 Å². The van der Waals surface area contributed by atoms with Crippen LogP contribution in [0.3, 0.4) is 0 Å². The highest BCUT2D eigenvalue weighted by Gasteiger charge is 2.26. The molecule has 3 nitrogen and oxygen atoms in total. The topological polar surface area (TPSA) is 35.3 Å². The molecule has 1 atom stereocenters. The zero-order valence-corrected chi connectivity index (χ0v) is 8.97. The predicted molar refractivity (Wildman–Crippen MR) is 51.3 cm³/mol. The summed E-state index contributed by atoms with van der Waals surface area (Å²) in [5.74, 6) is -0.0142. The molecule has 0 aromatic carbocycles. The maximum atomic E-state index is 7.49. The number of ether oxygens (including phenoxy) is 1. The highest BCUT2D eigenvalue weighted by atomic mass is 35.5. The number of halogens is 1. The van der Waals surface area contributed by atoms with E-state index in [9.17, 15) is 0 Å². The zero-order chi connectivity index (χ0) is 10.9. The van der Waals surface area contributed by atoms with Crippen LogP contribution < -0.4 is 4.74 Å². The van der Waals surface area contributed by atoms with Gasteiger partial charge in [-0.3, -0.25) is 0 Å². The van der Waals surface area contributed by atoms with Crippen molar-refractivity contribution >= 4 is 11.6 Å². The second kappa shape index (κ2) is 3.58. The Morgan fingerprint density at radius 1 is 1.62 bits per heavy atom. The SMILES string of the molecule is [2H][C@H](Cl)c1c(OC)noc1C(C)(C)C. The van der Waals surface area contributed by atoms with Crippen molar-refractivity contribution in [1.29, 1.82) is 0 Å². The summed E-state index contributed by atoms with van der Waals surface area (Å²) in [4.78, 5) is 0. The molecule has 1 aromatic heterocycles. The van der Waals surface area contributed by atoms with Crippen LogP contribution in [0.15, 0.2) is 4.52 Å². The maximum absolute atomic E-state index is 7.49. The molecule has 1 heterocycles. The third-order valence-corrected chi connectivity index (χ3v) is 1.90. The quantitative estimate of drug-likeness (QED) is 0.695. The number of aromatic nitrogens is 1. The maximum Gasteiger partial charge on any atom is 0.258 e. The highest BCUT2D eigenvalue weighted by molar-refractivity contribution is 6.17. The van der Waals surface area contributed by atoms with Crippen LogP contribution in [0.1, 0.15) is 33.5 Å². The number of hydrogen-bond donors (Lipinski definition) is 0. The fraction of sp³-hybridized carbons (Fsp3) is 0.667. The molecular weight excluding hydrogens is 190 g/mol. The summed E-state index contributed by atoms with van der Waals surface area (Å²) in [5.41, 5.74) is 0.287. The lowest BCUT2D eigenvalue weighted by Crippen LogP contribution is -2.12. The van der Waals surface area contributed by atoms with Gasteiger partial charge in [0.2, 0.25) is 0 Å². The van der Waals surface area contributed by atoms with E-state index in [-0.39, 0.29) is 5.41 Å². The minimum Gasteiger partial charge on any atom is -0.479 e. The van der Waals surface area contributed by atoms with Crippen molar-refractivity contribution in [3.63, 3.8) is 0 Å². The van der Waals surface area contributed by atoms with E-state index in [0.29, 0.717) is 17.2 Å². The van der Waals surface area contributed by atoms with Gasteiger partial charge in [0.1, 0.15) is 5.76 Å². The fourth-order valence-corrected chi connectivity index (χ4v) is 1.26. The lowest BCUT2D eigenvalue weighted by atomic mass is 9.91. The van der Waals surface area contributed by atoms with E-state index >= 15 is 0 Å². The van der Waals surface area contributed by atoms with Crippen LogP contribution in [-0.2, 0) is 11.3 Å². The second-order valence-corrected chi connectivity index (χ2v) is 4.01. The summed E-state index contributed by atoms with van der Waals surface area (Å²) in [6, 6.07) is 0. The predicted octanol–water partition coefficient (Wildman–Crippen LogP) is 2.72. The summed E-state index contributed by atoms with van der Waals surface area (Å²) in [5, 5.41) is 3.72. The molecule has 0 fully saturated rings. The molecule has 0 saturated heterocycles. The summed E-state index contributed by atoms with van der Waals surface area (Å²) in [6.45, 7) is 5.90. The third-order valence-electron chi connectivity index (χ3n) is 1.68. The van der Waals surface area contributed by atoms with E-state index in [1.165, 1.54) is 7.11 Å². The number of rotatable bonds is 2. The van der Waals surface area contributed by atoms with Crippen LogP contribution in [0.2, 0.25) is 0 Å².